The fraction of sp³-hybridized carbons (Fsp3) is 0.143. The molecule has 0 aromatic heterocycles. The lowest BCUT2D eigenvalue weighted by atomic mass is 10.2. The van der Waals surface area contributed by atoms with E-state index < -0.39 is 5.82 Å². The van der Waals surface area contributed by atoms with Crippen molar-refractivity contribution in [2.45, 2.75) is 6.54 Å². The average Bonchev–Trinajstić information content (AvgIpc) is 2.12. The molecule has 0 radical (unpaired) electrons. The van der Waals surface area contributed by atoms with E-state index in [1.54, 1.807) is 6.07 Å². The van der Waals surface area contributed by atoms with Crippen molar-refractivity contribution in [1.82, 2.24) is 0 Å². The maximum atomic E-state index is 13.2. The van der Waals surface area contributed by atoms with Crippen molar-refractivity contribution in [2.75, 3.05) is 0 Å². The van der Waals surface area contributed by atoms with Crippen LogP contribution >= 0.6 is 27.5 Å². The van der Waals surface area contributed by atoms with Gasteiger partial charge in [0.05, 0.1) is 11.6 Å². The van der Waals surface area contributed by atoms with Crippen molar-refractivity contribution in [3.8, 4) is 0 Å². The predicted molar refractivity (Wildman–Crippen MR) is 52.0 cm³/mol. The van der Waals surface area contributed by atoms with E-state index in [-0.39, 0.29) is 17.1 Å². The van der Waals surface area contributed by atoms with Crippen LogP contribution in [0.25, 0.3) is 10.4 Å². The van der Waals surface area contributed by atoms with Crippen molar-refractivity contribution >= 4 is 27.5 Å². The minimum atomic E-state index is -0.552. The van der Waals surface area contributed by atoms with Crippen LogP contribution in [0.1, 0.15) is 5.56 Å². The molecule has 0 aliphatic rings. The first-order valence-electron chi connectivity index (χ1n) is 3.30. The van der Waals surface area contributed by atoms with Crippen LogP contribution in [0.4, 0.5) is 4.39 Å². The van der Waals surface area contributed by atoms with E-state index in [4.69, 9.17) is 17.1 Å². The lowest BCUT2D eigenvalue weighted by Crippen LogP contribution is -1.90. The van der Waals surface area contributed by atoms with Gasteiger partial charge in [0.1, 0.15) is 5.82 Å². The van der Waals surface area contributed by atoms with Crippen LogP contribution in [-0.4, -0.2) is 0 Å². The molecule has 1 aromatic rings. The van der Waals surface area contributed by atoms with Gasteiger partial charge in [0, 0.05) is 14.9 Å². The zero-order valence-electron chi connectivity index (χ0n) is 6.34. The number of nitrogens with zero attached hydrogens (tertiary/aromatic N) is 3. The predicted octanol–water partition coefficient (Wildman–Crippen LogP) is 4.05. The van der Waals surface area contributed by atoms with Crippen LogP contribution in [0.15, 0.2) is 21.7 Å². The summed E-state index contributed by atoms with van der Waals surface area (Å²) in [6, 6.07) is 3.04. The Bertz CT molecular complexity index is 376. The first-order chi connectivity index (χ1) is 6.16. The average molecular weight is 264 g/mol. The maximum Gasteiger partial charge on any atom is 0.146 e. The summed E-state index contributed by atoms with van der Waals surface area (Å²) in [6.07, 6.45) is 0. The van der Waals surface area contributed by atoms with E-state index in [0.29, 0.717) is 4.47 Å². The fourth-order valence-electron chi connectivity index (χ4n) is 0.816. The van der Waals surface area contributed by atoms with E-state index >= 15 is 0 Å². The second-order valence-corrected chi connectivity index (χ2v) is 3.47. The van der Waals surface area contributed by atoms with E-state index in [1.165, 1.54) is 6.07 Å². The number of hydrogen-bond acceptors (Lipinski definition) is 1. The van der Waals surface area contributed by atoms with Crippen molar-refractivity contribution in [3.63, 3.8) is 0 Å². The van der Waals surface area contributed by atoms with Gasteiger partial charge >= 0.3 is 0 Å². The molecule has 1 aromatic carbocycles. The highest BCUT2D eigenvalue weighted by Gasteiger charge is 2.09. The van der Waals surface area contributed by atoms with Crippen LogP contribution in [-0.2, 0) is 6.54 Å². The molecule has 0 unspecified atom stereocenters. The molecule has 0 spiro atoms. The van der Waals surface area contributed by atoms with Crippen LogP contribution in [0.2, 0.25) is 5.02 Å². The molecule has 6 heteroatoms. The molecule has 0 bridgehead atoms. The van der Waals surface area contributed by atoms with E-state index in [2.05, 4.69) is 26.0 Å². The first-order valence-corrected chi connectivity index (χ1v) is 4.47. The number of rotatable bonds is 2. The molecule has 0 saturated carbocycles. The molecule has 0 aliphatic heterocycles. The van der Waals surface area contributed by atoms with Gasteiger partial charge in [-0.1, -0.05) is 32.6 Å². The van der Waals surface area contributed by atoms with Crippen LogP contribution in [0.3, 0.4) is 0 Å². The summed E-state index contributed by atoms with van der Waals surface area (Å²) >= 11 is 8.66. The molecule has 3 nitrogen and oxygen atoms in total. The van der Waals surface area contributed by atoms with Gasteiger partial charge < -0.3 is 0 Å². The minimum absolute atomic E-state index is 0.0198. The fourth-order valence-corrected chi connectivity index (χ4v) is 1.42. The highest BCUT2D eigenvalue weighted by atomic mass is 79.9. The second kappa shape index (κ2) is 4.46. The number of azide groups is 1. The first kappa shape index (κ1) is 10.3. The Labute approximate surface area is 87.3 Å². The van der Waals surface area contributed by atoms with Crippen LogP contribution in [0, 0.1) is 5.82 Å². The third kappa shape index (κ3) is 2.34. The van der Waals surface area contributed by atoms with Crippen molar-refractivity contribution in [3.05, 3.63) is 43.5 Å². The Morgan fingerprint density at radius 3 is 2.92 bits per heavy atom. The van der Waals surface area contributed by atoms with Gasteiger partial charge in [-0.15, -0.1) is 0 Å². The maximum absolute atomic E-state index is 13.2. The summed E-state index contributed by atoms with van der Waals surface area (Å²) in [5.41, 5.74) is 8.34. The van der Waals surface area contributed by atoms with Crippen LogP contribution < -0.4 is 0 Å². The molecule has 0 heterocycles. The SMILES string of the molecule is [N-]=[N+]=NCc1c(Br)ccc(Cl)c1F. The quantitative estimate of drug-likeness (QED) is 0.335. The Morgan fingerprint density at radius 1 is 1.62 bits per heavy atom. The van der Waals surface area contributed by atoms with Gasteiger partial charge in [0.15, 0.2) is 0 Å². The summed E-state index contributed by atoms with van der Waals surface area (Å²) in [6.45, 7) is -0.0521. The molecule has 0 atom stereocenters. The summed E-state index contributed by atoms with van der Waals surface area (Å²) in [5, 5.41) is 3.28. The summed E-state index contributed by atoms with van der Waals surface area (Å²) in [5.74, 6) is -0.552. The molecule has 0 amide bonds. The van der Waals surface area contributed by atoms with Gasteiger partial charge in [-0.05, 0) is 17.7 Å². The lowest BCUT2D eigenvalue weighted by molar-refractivity contribution is 0.609. The van der Waals surface area contributed by atoms with Gasteiger partial charge in [0.2, 0.25) is 0 Å². The monoisotopic (exact) mass is 263 g/mol. The topological polar surface area (TPSA) is 48.8 Å². The molecule has 0 fully saturated rings. The lowest BCUT2D eigenvalue weighted by Gasteiger charge is -2.03. The van der Waals surface area contributed by atoms with E-state index in [0.717, 1.165) is 0 Å². The summed E-state index contributed by atoms with van der Waals surface area (Å²) in [7, 11) is 0. The van der Waals surface area contributed by atoms with Gasteiger partial charge in [-0.2, -0.15) is 0 Å². The van der Waals surface area contributed by atoms with Gasteiger partial charge in [-0.3, -0.25) is 0 Å². The summed E-state index contributed by atoms with van der Waals surface area (Å²) < 4.78 is 13.8. The zero-order chi connectivity index (χ0) is 9.84. The van der Waals surface area contributed by atoms with Gasteiger partial charge in [0.25, 0.3) is 0 Å². The number of benzene rings is 1. The molecule has 68 valence electrons. The molecule has 0 N–H and O–H groups in total. The minimum Gasteiger partial charge on any atom is -0.205 e. The second-order valence-electron chi connectivity index (χ2n) is 2.21. The highest BCUT2D eigenvalue weighted by Crippen LogP contribution is 2.26. The Kier molecular flexibility index (Phi) is 3.54. The van der Waals surface area contributed by atoms with Crippen molar-refractivity contribution < 1.29 is 4.39 Å². The summed E-state index contributed by atoms with van der Waals surface area (Å²) in [4.78, 5) is 2.54. The standard InChI is InChI=1S/C7H4BrClFN3/c8-5-1-2-6(9)7(10)4(5)3-12-13-11/h1-2H,3H2. The molecule has 13 heavy (non-hydrogen) atoms. The van der Waals surface area contributed by atoms with Crippen molar-refractivity contribution in [1.29, 1.82) is 0 Å². The Balaban J connectivity index is 3.16. The normalized spacial score (nSPS) is 9.46. The zero-order valence-corrected chi connectivity index (χ0v) is 8.68. The van der Waals surface area contributed by atoms with E-state index in [1.807, 2.05) is 0 Å². The van der Waals surface area contributed by atoms with Crippen molar-refractivity contribution in [2.24, 2.45) is 5.11 Å². The van der Waals surface area contributed by atoms with Crippen LogP contribution in [0.5, 0.6) is 0 Å². The molecular formula is C7H4BrClFN3. The number of hydrogen-bond donors (Lipinski definition) is 0. The molecule has 0 aliphatic carbocycles. The largest absolute Gasteiger partial charge is 0.205 e. The highest BCUT2D eigenvalue weighted by molar-refractivity contribution is 9.10. The molecular weight excluding hydrogens is 260 g/mol. The molecule has 0 saturated heterocycles. The molecule has 1 rings (SSSR count). The Hall–Kier alpha value is -0.770. The van der Waals surface area contributed by atoms with Gasteiger partial charge in [-0.25, -0.2) is 4.39 Å². The van der Waals surface area contributed by atoms with E-state index in [9.17, 15) is 4.39 Å². The third-order valence-corrected chi connectivity index (χ3v) is 2.47. The number of halogens is 3. The third-order valence-electron chi connectivity index (χ3n) is 1.43. The smallest absolute Gasteiger partial charge is 0.146 e. The Morgan fingerprint density at radius 2 is 2.31 bits per heavy atom.